The Bertz CT molecular complexity index is 2980. The minimum absolute atomic E-state index is 0.518. The molecule has 0 radical (unpaired) electrons. The van der Waals surface area contributed by atoms with Crippen molar-refractivity contribution in [1.82, 2.24) is 14.5 Å². The maximum atomic E-state index is 5.36. The van der Waals surface area contributed by atoms with Gasteiger partial charge in [0.05, 0.1) is 38.9 Å². The molecule has 0 bridgehead atoms. The average molecular weight is 688 g/mol. The summed E-state index contributed by atoms with van der Waals surface area (Å²) in [5.74, 6) is 0. The Hall–Kier alpha value is -7.10. The van der Waals surface area contributed by atoms with E-state index in [1.54, 1.807) is 0 Å². The average Bonchev–Trinajstić information content (AvgIpc) is 3.75. The number of nitrogens with zero attached hydrogens (tertiary/aromatic N) is 3. The number of hydrogen-bond acceptors (Lipinski definition) is 2. The zero-order valence-corrected chi connectivity index (χ0v) is 29.4. The highest BCUT2D eigenvalue weighted by Gasteiger charge is 2.47. The molecule has 54 heavy (non-hydrogen) atoms. The van der Waals surface area contributed by atoms with Crippen LogP contribution in [0.5, 0.6) is 0 Å². The van der Waals surface area contributed by atoms with Gasteiger partial charge < -0.3 is 4.57 Å². The van der Waals surface area contributed by atoms with Crippen LogP contribution in [0.3, 0.4) is 0 Å². The van der Waals surface area contributed by atoms with Crippen molar-refractivity contribution in [3.05, 3.63) is 222 Å². The third-order valence-corrected chi connectivity index (χ3v) is 11.2. The molecular formula is C51H33N3. The van der Waals surface area contributed by atoms with E-state index in [9.17, 15) is 0 Å². The lowest BCUT2D eigenvalue weighted by Gasteiger charge is -2.34. The van der Waals surface area contributed by atoms with E-state index in [2.05, 4.69) is 193 Å². The van der Waals surface area contributed by atoms with Crippen LogP contribution in [0.1, 0.15) is 22.3 Å². The molecule has 2 aromatic heterocycles. The molecule has 0 saturated carbocycles. The molecule has 0 unspecified atom stereocenters. The molecule has 252 valence electrons. The predicted octanol–water partition coefficient (Wildman–Crippen LogP) is 12.4. The first-order chi connectivity index (χ1) is 26.8. The number of hydrogen-bond donors (Lipinski definition) is 0. The second-order valence-corrected chi connectivity index (χ2v) is 14.1. The second-order valence-electron chi connectivity index (χ2n) is 14.1. The molecule has 1 aliphatic carbocycles. The minimum atomic E-state index is -0.518. The molecule has 0 saturated heterocycles. The molecule has 3 nitrogen and oxygen atoms in total. The maximum absolute atomic E-state index is 5.36. The first kappa shape index (κ1) is 30.5. The summed E-state index contributed by atoms with van der Waals surface area (Å²) in [6.07, 6.45) is 0. The smallest absolute Gasteiger partial charge is 0.0973 e. The first-order valence-electron chi connectivity index (χ1n) is 18.5. The molecule has 0 aliphatic heterocycles. The van der Waals surface area contributed by atoms with Crippen molar-refractivity contribution < 1.29 is 0 Å². The summed E-state index contributed by atoms with van der Waals surface area (Å²) in [4.78, 5) is 10.6. The fourth-order valence-electron chi connectivity index (χ4n) is 9.05. The molecule has 11 rings (SSSR count). The fourth-order valence-corrected chi connectivity index (χ4v) is 9.05. The quantitative estimate of drug-likeness (QED) is 0.180. The highest BCUT2D eigenvalue weighted by atomic mass is 15.0. The van der Waals surface area contributed by atoms with E-state index in [0.717, 1.165) is 50.3 Å². The van der Waals surface area contributed by atoms with E-state index in [1.807, 2.05) is 12.1 Å². The monoisotopic (exact) mass is 687 g/mol. The third-order valence-electron chi connectivity index (χ3n) is 11.2. The van der Waals surface area contributed by atoms with Gasteiger partial charge in [0.1, 0.15) is 0 Å². The zero-order valence-electron chi connectivity index (χ0n) is 29.4. The Kier molecular flexibility index (Phi) is 6.77. The summed E-state index contributed by atoms with van der Waals surface area (Å²) in [5.41, 5.74) is 16.1. The van der Waals surface area contributed by atoms with Crippen molar-refractivity contribution in [2.24, 2.45) is 0 Å². The van der Waals surface area contributed by atoms with Crippen molar-refractivity contribution in [3.8, 4) is 39.3 Å². The van der Waals surface area contributed by atoms with Gasteiger partial charge in [0, 0.05) is 27.6 Å². The van der Waals surface area contributed by atoms with Gasteiger partial charge in [0.2, 0.25) is 0 Å². The van der Waals surface area contributed by atoms with Gasteiger partial charge in [-0.2, -0.15) is 0 Å². The Balaban J connectivity index is 1.22. The van der Waals surface area contributed by atoms with E-state index in [-0.39, 0.29) is 0 Å². The van der Waals surface area contributed by atoms with Gasteiger partial charge in [0.15, 0.2) is 0 Å². The van der Waals surface area contributed by atoms with Gasteiger partial charge >= 0.3 is 0 Å². The summed E-state index contributed by atoms with van der Waals surface area (Å²) < 4.78 is 2.42. The molecule has 8 aromatic carbocycles. The van der Waals surface area contributed by atoms with Crippen LogP contribution in [0, 0.1) is 0 Å². The lowest BCUT2D eigenvalue weighted by atomic mass is 9.67. The van der Waals surface area contributed by atoms with Crippen molar-refractivity contribution in [3.63, 3.8) is 0 Å². The van der Waals surface area contributed by atoms with E-state index >= 15 is 0 Å². The molecule has 3 heteroatoms. The topological polar surface area (TPSA) is 30.7 Å². The van der Waals surface area contributed by atoms with E-state index < -0.39 is 5.41 Å². The molecule has 2 heterocycles. The summed E-state index contributed by atoms with van der Waals surface area (Å²) in [5, 5.41) is 2.49. The summed E-state index contributed by atoms with van der Waals surface area (Å²) >= 11 is 0. The Morgan fingerprint density at radius 1 is 0.407 bits per heavy atom. The van der Waals surface area contributed by atoms with Gasteiger partial charge in [-0.1, -0.05) is 170 Å². The number of rotatable bonds is 5. The number of para-hydroxylation sites is 1. The third kappa shape index (κ3) is 4.36. The first-order valence-corrected chi connectivity index (χ1v) is 18.5. The highest BCUT2D eigenvalue weighted by Crippen LogP contribution is 2.59. The standard InChI is InChI=1S/C51H33N3/c1-5-17-34(18-6-1)49-50(35-19-7-2-8-20-35)53-44-33-38(29-31-43(44)52-49)54-45-28-16-14-26-41(45)47-46(54)32-30-40-39-25-13-15-27-42(39)51(48(40)47,36-21-9-3-10-22-36)37-23-11-4-12-24-37/h1-33H. The van der Waals surface area contributed by atoms with E-state index in [4.69, 9.17) is 9.97 Å². The van der Waals surface area contributed by atoms with Crippen LogP contribution in [0.4, 0.5) is 0 Å². The normalized spacial score (nSPS) is 13.0. The fraction of sp³-hybridized carbons (Fsp3) is 0.0196. The Labute approximate surface area is 313 Å². The van der Waals surface area contributed by atoms with Crippen LogP contribution in [0.2, 0.25) is 0 Å². The van der Waals surface area contributed by atoms with Crippen LogP contribution in [0.15, 0.2) is 200 Å². The number of benzene rings is 8. The van der Waals surface area contributed by atoms with Crippen molar-refractivity contribution >= 4 is 32.8 Å². The predicted molar refractivity (Wildman–Crippen MR) is 222 cm³/mol. The van der Waals surface area contributed by atoms with Crippen LogP contribution < -0.4 is 0 Å². The Morgan fingerprint density at radius 2 is 0.963 bits per heavy atom. The molecule has 0 atom stereocenters. The van der Waals surface area contributed by atoms with Gasteiger partial charge in [-0.15, -0.1) is 0 Å². The molecule has 1 aliphatic rings. The van der Waals surface area contributed by atoms with Crippen LogP contribution in [-0.4, -0.2) is 14.5 Å². The lowest BCUT2D eigenvalue weighted by molar-refractivity contribution is 0.776. The van der Waals surface area contributed by atoms with Crippen LogP contribution >= 0.6 is 0 Å². The van der Waals surface area contributed by atoms with Crippen molar-refractivity contribution in [2.45, 2.75) is 5.41 Å². The lowest BCUT2D eigenvalue weighted by Crippen LogP contribution is -2.28. The SMILES string of the molecule is c1ccc(-c2nc3ccc(-n4c5ccccc5c5c6c(ccc54)-c4ccccc4C6(c4ccccc4)c4ccccc4)cc3nc2-c2ccccc2)cc1. The van der Waals surface area contributed by atoms with Crippen molar-refractivity contribution in [2.75, 3.05) is 0 Å². The van der Waals surface area contributed by atoms with Crippen LogP contribution in [0.25, 0.3) is 72.2 Å². The molecule has 0 amide bonds. The maximum Gasteiger partial charge on any atom is 0.0973 e. The molecule has 0 fully saturated rings. The van der Waals surface area contributed by atoms with Gasteiger partial charge in [-0.05, 0) is 63.7 Å². The Morgan fingerprint density at radius 3 is 1.63 bits per heavy atom. The number of fused-ring (bicyclic) bond motifs is 8. The van der Waals surface area contributed by atoms with Crippen molar-refractivity contribution in [1.29, 1.82) is 0 Å². The minimum Gasteiger partial charge on any atom is -0.309 e. The second kappa shape index (κ2) is 12.0. The van der Waals surface area contributed by atoms with Gasteiger partial charge in [0.25, 0.3) is 0 Å². The zero-order chi connectivity index (χ0) is 35.6. The van der Waals surface area contributed by atoms with Gasteiger partial charge in [-0.3, -0.25) is 0 Å². The molecule has 10 aromatic rings. The molecule has 0 spiro atoms. The van der Waals surface area contributed by atoms with Gasteiger partial charge in [-0.25, -0.2) is 9.97 Å². The summed E-state index contributed by atoms with van der Waals surface area (Å²) in [6, 6.07) is 71.9. The highest BCUT2D eigenvalue weighted by molar-refractivity contribution is 6.15. The number of aromatic nitrogens is 3. The van der Waals surface area contributed by atoms with Crippen LogP contribution in [-0.2, 0) is 5.41 Å². The van der Waals surface area contributed by atoms with E-state index in [1.165, 1.54) is 44.2 Å². The van der Waals surface area contributed by atoms with E-state index in [0.29, 0.717) is 0 Å². The summed E-state index contributed by atoms with van der Waals surface area (Å²) in [7, 11) is 0. The molecule has 0 N–H and O–H groups in total. The largest absolute Gasteiger partial charge is 0.309 e. The summed E-state index contributed by atoms with van der Waals surface area (Å²) in [6.45, 7) is 0. The molecular weight excluding hydrogens is 655 g/mol.